The zero-order valence-electron chi connectivity index (χ0n) is 11.6. The standard InChI is InChI=1S/C14H28N2O/c1-4-11(3)12(15)13(17)16-10-14(5-2)8-6-7-9-14/h11-12H,4-10,15H2,1-3H3,(H,16,17)/t11?,12-/m0/s1. The molecule has 100 valence electrons. The maximum Gasteiger partial charge on any atom is 0.237 e. The molecule has 17 heavy (non-hydrogen) atoms. The van der Waals surface area contributed by atoms with Gasteiger partial charge in [0.15, 0.2) is 0 Å². The van der Waals surface area contributed by atoms with Crippen LogP contribution in [-0.4, -0.2) is 18.5 Å². The van der Waals surface area contributed by atoms with Gasteiger partial charge in [0.05, 0.1) is 6.04 Å². The van der Waals surface area contributed by atoms with Crippen LogP contribution >= 0.6 is 0 Å². The fourth-order valence-corrected chi connectivity index (χ4v) is 2.69. The van der Waals surface area contributed by atoms with E-state index in [-0.39, 0.29) is 17.9 Å². The second-order valence-corrected chi connectivity index (χ2v) is 5.69. The molecular weight excluding hydrogens is 212 g/mol. The summed E-state index contributed by atoms with van der Waals surface area (Å²) in [5, 5.41) is 3.07. The number of hydrogen-bond acceptors (Lipinski definition) is 2. The molecule has 3 heteroatoms. The van der Waals surface area contributed by atoms with Gasteiger partial charge < -0.3 is 11.1 Å². The van der Waals surface area contributed by atoms with E-state index in [0.29, 0.717) is 5.41 Å². The summed E-state index contributed by atoms with van der Waals surface area (Å²) in [6.45, 7) is 7.15. The molecule has 0 aromatic carbocycles. The molecule has 1 aliphatic carbocycles. The lowest BCUT2D eigenvalue weighted by Gasteiger charge is -2.29. The number of carbonyl (C=O) groups excluding carboxylic acids is 1. The summed E-state index contributed by atoms with van der Waals surface area (Å²) < 4.78 is 0. The Bertz CT molecular complexity index is 247. The number of nitrogens with two attached hydrogens (primary N) is 1. The molecule has 1 unspecified atom stereocenters. The normalized spacial score (nSPS) is 22.1. The van der Waals surface area contributed by atoms with E-state index in [4.69, 9.17) is 5.73 Å². The maximum atomic E-state index is 11.9. The van der Waals surface area contributed by atoms with Crippen LogP contribution in [-0.2, 0) is 4.79 Å². The molecule has 0 aromatic rings. The van der Waals surface area contributed by atoms with Gasteiger partial charge in [-0.05, 0) is 30.6 Å². The zero-order chi connectivity index (χ0) is 12.9. The van der Waals surface area contributed by atoms with Gasteiger partial charge in [-0.3, -0.25) is 4.79 Å². The molecule has 0 aromatic heterocycles. The Labute approximate surface area is 106 Å². The Morgan fingerprint density at radius 1 is 1.35 bits per heavy atom. The van der Waals surface area contributed by atoms with Gasteiger partial charge in [0, 0.05) is 6.54 Å². The van der Waals surface area contributed by atoms with E-state index in [1.54, 1.807) is 0 Å². The quantitative estimate of drug-likeness (QED) is 0.749. The first kappa shape index (κ1) is 14.5. The van der Waals surface area contributed by atoms with Crippen molar-refractivity contribution in [1.82, 2.24) is 5.32 Å². The fourth-order valence-electron chi connectivity index (χ4n) is 2.69. The predicted molar refractivity (Wildman–Crippen MR) is 71.6 cm³/mol. The van der Waals surface area contributed by atoms with Gasteiger partial charge in [-0.2, -0.15) is 0 Å². The van der Waals surface area contributed by atoms with Crippen molar-refractivity contribution in [1.29, 1.82) is 0 Å². The van der Waals surface area contributed by atoms with Crippen LogP contribution in [0.5, 0.6) is 0 Å². The van der Waals surface area contributed by atoms with Crippen molar-refractivity contribution in [2.24, 2.45) is 17.1 Å². The minimum atomic E-state index is -0.352. The van der Waals surface area contributed by atoms with E-state index in [1.165, 1.54) is 25.7 Å². The molecule has 1 fully saturated rings. The molecule has 0 radical (unpaired) electrons. The van der Waals surface area contributed by atoms with Gasteiger partial charge in [-0.25, -0.2) is 0 Å². The lowest BCUT2D eigenvalue weighted by Crippen LogP contribution is -2.47. The Balaban J connectivity index is 2.41. The first-order chi connectivity index (χ1) is 8.04. The number of hydrogen-bond donors (Lipinski definition) is 2. The molecule has 1 rings (SSSR count). The van der Waals surface area contributed by atoms with Crippen LogP contribution in [0, 0.1) is 11.3 Å². The molecule has 0 aliphatic heterocycles. The average molecular weight is 240 g/mol. The monoisotopic (exact) mass is 240 g/mol. The first-order valence-electron chi connectivity index (χ1n) is 7.08. The predicted octanol–water partition coefficient (Wildman–Crippen LogP) is 2.45. The number of carbonyl (C=O) groups is 1. The second kappa shape index (κ2) is 6.39. The van der Waals surface area contributed by atoms with Crippen LogP contribution in [0.1, 0.15) is 59.3 Å². The molecule has 2 atom stereocenters. The van der Waals surface area contributed by atoms with E-state index in [0.717, 1.165) is 19.4 Å². The van der Waals surface area contributed by atoms with Crippen molar-refractivity contribution in [3.8, 4) is 0 Å². The van der Waals surface area contributed by atoms with Crippen molar-refractivity contribution in [3.05, 3.63) is 0 Å². The first-order valence-corrected chi connectivity index (χ1v) is 7.08. The van der Waals surface area contributed by atoms with Crippen molar-refractivity contribution in [3.63, 3.8) is 0 Å². The van der Waals surface area contributed by atoms with Crippen LogP contribution in [0.2, 0.25) is 0 Å². The third kappa shape index (κ3) is 3.70. The summed E-state index contributed by atoms with van der Waals surface area (Å²) in [6.07, 6.45) is 7.23. The van der Waals surface area contributed by atoms with E-state index < -0.39 is 0 Å². The van der Waals surface area contributed by atoms with E-state index in [9.17, 15) is 4.79 Å². The topological polar surface area (TPSA) is 55.1 Å². The van der Waals surface area contributed by atoms with Gasteiger partial charge in [-0.1, -0.05) is 40.0 Å². The van der Waals surface area contributed by atoms with Gasteiger partial charge in [-0.15, -0.1) is 0 Å². The second-order valence-electron chi connectivity index (χ2n) is 5.69. The summed E-state index contributed by atoms with van der Waals surface area (Å²) in [6, 6.07) is -0.352. The van der Waals surface area contributed by atoms with Crippen LogP contribution in [0.3, 0.4) is 0 Å². The van der Waals surface area contributed by atoms with Crippen LogP contribution in [0.25, 0.3) is 0 Å². The Kier molecular flexibility index (Phi) is 5.44. The van der Waals surface area contributed by atoms with E-state index in [2.05, 4.69) is 19.2 Å². The highest BCUT2D eigenvalue weighted by atomic mass is 16.2. The van der Waals surface area contributed by atoms with Gasteiger partial charge in [0.2, 0.25) is 5.91 Å². The summed E-state index contributed by atoms with van der Waals surface area (Å²) >= 11 is 0. The largest absolute Gasteiger partial charge is 0.354 e. The molecular formula is C14H28N2O. The highest BCUT2D eigenvalue weighted by molar-refractivity contribution is 5.81. The molecule has 3 nitrogen and oxygen atoms in total. The summed E-state index contributed by atoms with van der Waals surface area (Å²) in [5.74, 6) is 0.287. The highest BCUT2D eigenvalue weighted by Gasteiger charge is 2.32. The Morgan fingerprint density at radius 3 is 2.41 bits per heavy atom. The molecule has 0 saturated heterocycles. The summed E-state index contributed by atoms with van der Waals surface area (Å²) in [7, 11) is 0. The molecule has 0 bridgehead atoms. The van der Waals surface area contributed by atoms with Gasteiger partial charge in [0.25, 0.3) is 0 Å². The number of nitrogens with one attached hydrogen (secondary N) is 1. The third-order valence-corrected chi connectivity index (χ3v) is 4.61. The molecule has 1 aliphatic rings. The van der Waals surface area contributed by atoms with Gasteiger partial charge >= 0.3 is 0 Å². The van der Waals surface area contributed by atoms with Crippen LogP contribution in [0.15, 0.2) is 0 Å². The number of amides is 1. The Hall–Kier alpha value is -0.570. The lowest BCUT2D eigenvalue weighted by atomic mass is 9.83. The number of rotatable bonds is 6. The minimum absolute atomic E-state index is 0.0269. The maximum absolute atomic E-state index is 11.9. The molecule has 3 N–H and O–H groups in total. The van der Waals surface area contributed by atoms with Crippen molar-refractivity contribution >= 4 is 5.91 Å². The van der Waals surface area contributed by atoms with Crippen LogP contribution in [0.4, 0.5) is 0 Å². The van der Waals surface area contributed by atoms with Crippen molar-refractivity contribution < 1.29 is 4.79 Å². The molecule has 0 spiro atoms. The van der Waals surface area contributed by atoms with E-state index >= 15 is 0 Å². The van der Waals surface area contributed by atoms with Crippen LogP contribution < -0.4 is 11.1 Å². The zero-order valence-corrected chi connectivity index (χ0v) is 11.6. The average Bonchev–Trinajstić information content (AvgIpc) is 2.83. The molecule has 1 saturated carbocycles. The Morgan fingerprint density at radius 2 is 1.94 bits per heavy atom. The molecule has 1 amide bonds. The fraction of sp³-hybridized carbons (Fsp3) is 0.929. The summed E-state index contributed by atoms with van der Waals surface area (Å²) in [4.78, 5) is 11.9. The minimum Gasteiger partial charge on any atom is -0.354 e. The smallest absolute Gasteiger partial charge is 0.237 e. The lowest BCUT2D eigenvalue weighted by molar-refractivity contribution is -0.123. The SMILES string of the molecule is CCC(C)[C@H](N)C(=O)NCC1(CC)CCCC1. The highest BCUT2D eigenvalue weighted by Crippen LogP contribution is 2.40. The summed E-state index contributed by atoms with van der Waals surface area (Å²) in [5.41, 5.74) is 6.28. The van der Waals surface area contributed by atoms with Crippen molar-refractivity contribution in [2.45, 2.75) is 65.3 Å². The van der Waals surface area contributed by atoms with Gasteiger partial charge in [0.1, 0.15) is 0 Å². The molecule has 0 heterocycles. The third-order valence-electron chi connectivity index (χ3n) is 4.61. The van der Waals surface area contributed by atoms with E-state index in [1.807, 2.05) is 6.92 Å². The van der Waals surface area contributed by atoms with Crippen molar-refractivity contribution in [2.75, 3.05) is 6.54 Å².